The lowest BCUT2D eigenvalue weighted by Crippen LogP contribution is -1.98. The minimum Gasteiger partial charge on any atom is -0.497 e. The molecular formula is C24H35NO3S2. The van der Waals surface area contributed by atoms with Gasteiger partial charge in [-0.2, -0.15) is 0 Å². The minimum atomic E-state index is -0.926. The fourth-order valence-electron chi connectivity index (χ4n) is 2.93. The normalized spacial score (nSPS) is 11.1. The van der Waals surface area contributed by atoms with Gasteiger partial charge < -0.3 is 14.6 Å². The van der Waals surface area contributed by atoms with Crippen LogP contribution in [0.1, 0.15) is 64.5 Å². The number of carboxylic acid groups (broad SMARTS) is 1. The van der Waals surface area contributed by atoms with Crippen molar-refractivity contribution in [1.29, 1.82) is 0 Å². The number of benzene rings is 1. The summed E-state index contributed by atoms with van der Waals surface area (Å²) >= 11 is 3.18. The van der Waals surface area contributed by atoms with Gasteiger partial charge in [0.05, 0.1) is 17.0 Å². The Hall–Kier alpha value is -1.92. The van der Waals surface area contributed by atoms with Crippen molar-refractivity contribution in [2.75, 3.05) is 11.8 Å². The van der Waals surface area contributed by atoms with Crippen molar-refractivity contribution in [3.8, 4) is 5.75 Å². The van der Waals surface area contributed by atoms with E-state index in [1.54, 1.807) is 31.4 Å². The lowest BCUT2D eigenvalue weighted by Gasteiger charge is -2.13. The van der Waals surface area contributed by atoms with E-state index in [9.17, 15) is 4.79 Å². The standard InChI is InChI=1S/C16H17NO3S2.C8H18/c1-10(16(18)19)7-12-8-13(20-3)9-14(11(12)2)17-22-15-5-4-6-21-15;1-4-6-8(3)7-5-2/h4-9,17H,1-3H3,(H,18,19);8H,4-7H2,1-3H3/b10-7+;. The summed E-state index contributed by atoms with van der Waals surface area (Å²) in [5.74, 6) is 0.721. The highest BCUT2D eigenvalue weighted by atomic mass is 32.2. The van der Waals surface area contributed by atoms with Crippen LogP contribution in [0, 0.1) is 12.8 Å². The van der Waals surface area contributed by atoms with Crippen LogP contribution in [0.2, 0.25) is 0 Å². The van der Waals surface area contributed by atoms with E-state index < -0.39 is 5.97 Å². The first-order valence-corrected chi connectivity index (χ1v) is 12.1. The van der Waals surface area contributed by atoms with Gasteiger partial charge in [-0.3, -0.25) is 0 Å². The Bertz CT molecular complexity index is 795. The number of ether oxygens (including phenoxy) is 1. The quantitative estimate of drug-likeness (QED) is 0.285. The van der Waals surface area contributed by atoms with Crippen LogP contribution < -0.4 is 9.46 Å². The van der Waals surface area contributed by atoms with E-state index >= 15 is 0 Å². The number of methoxy groups -OCH3 is 1. The molecule has 6 heteroatoms. The molecule has 0 saturated carbocycles. The number of hydrogen-bond donors (Lipinski definition) is 2. The number of nitrogens with one attached hydrogen (secondary N) is 1. The molecular weight excluding hydrogens is 414 g/mol. The zero-order valence-corrected chi connectivity index (χ0v) is 20.6. The molecule has 0 aliphatic rings. The molecule has 0 radical (unpaired) electrons. The highest BCUT2D eigenvalue weighted by molar-refractivity contribution is 8.02. The Morgan fingerprint density at radius 3 is 2.47 bits per heavy atom. The molecule has 1 aromatic heterocycles. The molecule has 0 aliphatic heterocycles. The van der Waals surface area contributed by atoms with E-state index in [0.717, 1.165) is 26.9 Å². The predicted octanol–water partition coefficient (Wildman–Crippen LogP) is 7.89. The Kier molecular flexibility index (Phi) is 12.3. The fourth-order valence-corrected chi connectivity index (χ4v) is 4.44. The van der Waals surface area contributed by atoms with Crippen LogP contribution in [0.15, 0.2) is 39.4 Å². The highest BCUT2D eigenvalue weighted by Crippen LogP contribution is 2.32. The number of carbonyl (C=O) groups is 1. The average Bonchev–Trinajstić information content (AvgIpc) is 3.23. The molecule has 0 unspecified atom stereocenters. The largest absolute Gasteiger partial charge is 0.497 e. The van der Waals surface area contributed by atoms with Crippen molar-refractivity contribution in [1.82, 2.24) is 0 Å². The van der Waals surface area contributed by atoms with Crippen molar-refractivity contribution in [2.45, 2.75) is 64.5 Å². The molecule has 1 aromatic carbocycles. The molecule has 166 valence electrons. The van der Waals surface area contributed by atoms with Crippen molar-refractivity contribution >= 4 is 41.0 Å². The zero-order valence-electron chi connectivity index (χ0n) is 19.0. The van der Waals surface area contributed by atoms with Gasteiger partial charge in [-0.1, -0.05) is 52.5 Å². The summed E-state index contributed by atoms with van der Waals surface area (Å²) in [6, 6.07) is 7.77. The first-order valence-electron chi connectivity index (χ1n) is 10.4. The number of aliphatic carboxylic acids is 1. The maximum absolute atomic E-state index is 11.0. The summed E-state index contributed by atoms with van der Waals surface area (Å²) < 4.78 is 9.76. The van der Waals surface area contributed by atoms with Crippen LogP contribution in [0.25, 0.3) is 6.08 Å². The summed E-state index contributed by atoms with van der Waals surface area (Å²) in [6.07, 6.45) is 7.17. The number of anilines is 1. The van der Waals surface area contributed by atoms with Gasteiger partial charge in [0.25, 0.3) is 0 Å². The van der Waals surface area contributed by atoms with Crippen LogP contribution in [0.3, 0.4) is 0 Å². The average molecular weight is 450 g/mol. The maximum atomic E-state index is 11.0. The SMILES string of the molecule is CCCC(C)CCC.COc1cc(/C=C(\C)C(=O)O)c(C)c(NSc2cccs2)c1. The van der Waals surface area contributed by atoms with Crippen LogP contribution in [-0.2, 0) is 4.79 Å². The van der Waals surface area contributed by atoms with Gasteiger partial charge in [-0.15, -0.1) is 11.3 Å². The van der Waals surface area contributed by atoms with Crippen LogP contribution >= 0.6 is 23.3 Å². The molecule has 2 aromatic rings. The Labute approximate surface area is 189 Å². The highest BCUT2D eigenvalue weighted by Gasteiger charge is 2.09. The van der Waals surface area contributed by atoms with Gasteiger partial charge in [0.15, 0.2) is 0 Å². The summed E-state index contributed by atoms with van der Waals surface area (Å²) in [7, 11) is 1.60. The molecule has 0 bridgehead atoms. The Morgan fingerprint density at radius 1 is 1.30 bits per heavy atom. The molecule has 0 amide bonds. The van der Waals surface area contributed by atoms with Gasteiger partial charge >= 0.3 is 5.97 Å². The first kappa shape index (κ1) is 26.1. The van der Waals surface area contributed by atoms with E-state index in [1.165, 1.54) is 37.6 Å². The fraction of sp³-hybridized carbons (Fsp3) is 0.458. The van der Waals surface area contributed by atoms with Crippen molar-refractivity contribution < 1.29 is 14.6 Å². The van der Waals surface area contributed by atoms with E-state index in [0.29, 0.717) is 5.75 Å². The molecule has 2 N–H and O–H groups in total. The van der Waals surface area contributed by atoms with Crippen LogP contribution in [-0.4, -0.2) is 18.2 Å². The van der Waals surface area contributed by atoms with Crippen molar-refractivity contribution in [2.24, 2.45) is 5.92 Å². The smallest absolute Gasteiger partial charge is 0.331 e. The summed E-state index contributed by atoms with van der Waals surface area (Å²) in [4.78, 5) is 11.0. The summed E-state index contributed by atoms with van der Waals surface area (Å²) in [5.41, 5.74) is 2.99. The molecule has 1 heterocycles. The molecule has 0 fully saturated rings. The third kappa shape index (κ3) is 9.26. The number of thiophene rings is 1. The van der Waals surface area contributed by atoms with Gasteiger partial charge in [0.2, 0.25) is 0 Å². The molecule has 30 heavy (non-hydrogen) atoms. The van der Waals surface area contributed by atoms with E-state index in [2.05, 4.69) is 25.5 Å². The third-order valence-electron chi connectivity index (χ3n) is 4.69. The second-order valence-corrected chi connectivity index (χ2v) is 9.39. The van der Waals surface area contributed by atoms with E-state index in [1.807, 2.05) is 36.6 Å². The molecule has 2 rings (SSSR count). The number of rotatable bonds is 10. The lowest BCUT2D eigenvalue weighted by atomic mass is 10.0. The van der Waals surface area contributed by atoms with E-state index in [-0.39, 0.29) is 5.57 Å². The van der Waals surface area contributed by atoms with Crippen molar-refractivity contribution in [3.63, 3.8) is 0 Å². The van der Waals surface area contributed by atoms with Crippen LogP contribution in [0.4, 0.5) is 5.69 Å². The topological polar surface area (TPSA) is 58.6 Å². The van der Waals surface area contributed by atoms with Gasteiger partial charge in [-0.25, -0.2) is 4.79 Å². The van der Waals surface area contributed by atoms with Gasteiger partial charge in [0, 0.05) is 11.6 Å². The van der Waals surface area contributed by atoms with Gasteiger partial charge in [0.1, 0.15) is 5.75 Å². The predicted molar refractivity (Wildman–Crippen MR) is 132 cm³/mol. The molecule has 0 aliphatic carbocycles. The van der Waals surface area contributed by atoms with E-state index in [4.69, 9.17) is 9.84 Å². The molecule has 4 nitrogen and oxygen atoms in total. The number of hydrogen-bond acceptors (Lipinski definition) is 5. The molecule has 0 spiro atoms. The second-order valence-electron chi connectivity index (χ2n) is 7.34. The summed E-state index contributed by atoms with van der Waals surface area (Å²) in [6.45, 7) is 10.4. The maximum Gasteiger partial charge on any atom is 0.331 e. The minimum absolute atomic E-state index is 0.285. The van der Waals surface area contributed by atoms with Crippen molar-refractivity contribution in [3.05, 3.63) is 46.3 Å². The zero-order chi connectivity index (χ0) is 22.5. The summed E-state index contributed by atoms with van der Waals surface area (Å²) in [5, 5.41) is 11.1. The molecule has 0 saturated heterocycles. The van der Waals surface area contributed by atoms with Crippen LogP contribution in [0.5, 0.6) is 5.75 Å². The Morgan fingerprint density at radius 2 is 1.97 bits per heavy atom. The lowest BCUT2D eigenvalue weighted by molar-refractivity contribution is -0.132. The molecule has 0 atom stereocenters. The monoisotopic (exact) mass is 449 g/mol. The third-order valence-corrected chi connectivity index (χ3v) is 6.55. The second kappa shape index (κ2) is 14.1. The Balaban J connectivity index is 0.000000479. The van der Waals surface area contributed by atoms with Gasteiger partial charge in [-0.05, 0) is 66.4 Å². The number of carboxylic acids is 1. The first-order chi connectivity index (χ1) is 14.3.